The molecule has 0 fully saturated rings. The summed E-state index contributed by atoms with van der Waals surface area (Å²) in [5, 5.41) is 0. The predicted molar refractivity (Wildman–Crippen MR) is 97.8 cm³/mol. The van der Waals surface area contributed by atoms with Gasteiger partial charge in [0.25, 0.3) is 0 Å². The quantitative estimate of drug-likeness (QED) is 0.538. The SMILES string of the molecule is CCC(C)(CN(C)CC(C)(C)CC(C)(C)C)CC(C)(C)C. The van der Waals surface area contributed by atoms with Crippen molar-refractivity contribution < 1.29 is 0 Å². The molecule has 0 saturated carbocycles. The van der Waals surface area contributed by atoms with Crippen LogP contribution in [0.5, 0.6) is 0 Å². The molecule has 0 aromatic rings. The third-order valence-electron chi connectivity index (χ3n) is 4.17. The Kier molecular flexibility index (Phi) is 7.01. The van der Waals surface area contributed by atoms with E-state index in [9.17, 15) is 0 Å². The van der Waals surface area contributed by atoms with Crippen molar-refractivity contribution in [1.29, 1.82) is 0 Å². The highest BCUT2D eigenvalue weighted by Crippen LogP contribution is 2.38. The largest absolute Gasteiger partial charge is 0.305 e. The molecule has 0 aliphatic rings. The molecular weight excluding hydrogens is 254 g/mol. The van der Waals surface area contributed by atoms with E-state index in [2.05, 4.69) is 81.2 Å². The summed E-state index contributed by atoms with van der Waals surface area (Å²) in [6.45, 7) is 26.2. The minimum absolute atomic E-state index is 0.378. The van der Waals surface area contributed by atoms with E-state index >= 15 is 0 Å². The summed E-state index contributed by atoms with van der Waals surface area (Å²) in [5.41, 5.74) is 1.62. The molecule has 0 heterocycles. The lowest BCUT2D eigenvalue weighted by atomic mass is 9.72. The molecule has 1 heteroatoms. The van der Waals surface area contributed by atoms with Crippen LogP contribution in [0, 0.1) is 21.7 Å². The number of hydrogen-bond donors (Lipinski definition) is 0. The first-order chi connectivity index (χ1) is 9.08. The smallest absolute Gasteiger partial charge is 0.00326 e. The summed E-state index contributed by atoms with van der Waals surface area (Å²) in [6, 6.07) is 0. The fourth-order valence-corrected chi connectivity index (χ4v) is 4.50. The van der Waals surface area contributed by atoms with Gasteiger partial charge in [0.1, 0.15) is 0 Å². The molecule has 0 amide bonds. The van der Waals surface area contributed by atoms with Crippen molar-refractivity contribution in [2.45, 2.75) is 88.5 Å². The van der Waals surface area contributed by atoms with Crippen LogP contribution < -0.4 is 0 Å². The van der Waals surface area contributed by atoms with Crippen LogP contribution in [0.4, 0.5) is 0 Å². The van der Waals surface area contributed by atoms with E-state index in [4.69, 9.17) is 0 Å². The molecule has 1 atom stereocenters. The maximum absolute atomic E-state index is 2.57. The Hall–Kier alpha value is -0.0400. The molecule has 0 saturated heterocycles. The zero-order valence-corrected chi connectivity index (χ0v) is 17.0. The standard InChI is InChI=1S/C20H43N/c1-12-20(10,14-18(5,6)7)16-21(11)15-19(8,9)13-17(2,3)4/h12-16H2,1-11H3. The first kappa shape index (κ1) is 21.0. The average Bonchev–Trinajstić information content (AvgIpc) is 2.08. The number of hydrogen-bond acceptors (Lipinski definition) is 1. The van der Waals surface area contributed by atoms with Crippen molar-refractivity contribution in [2.75, 3.05) is 20.1 Å². The Labute approximate surface area is 135 Å². The molecule has 0 radical (unpaired) electrons. The maximum atomic E-state index is 2.57. The van der Waals surface area contributed by atoms with Gasteiger partial charge >= 0.3 is 0 Å². The molecule has 0 aromatic heterocycles. The van der Waals surface area contributed by atoms with Gasteiger partial charge in [-0.3, -0.25) is 0 Å². The molecule has 0 aliphatic heterocycles. The van der Waals surface area contributed by atoms with Crippen LogP contribution in [0.25, 0.3) is 0 Å². The van der Waals surface area contributed by atoms with Crippen molar-refractivity contribution in [3.8, 4) is 0 Å². The highest BCUT2D eigenvalue weighted by Gasteiger charge is 2.32. The van der Waals surface area contributed by atoms with E-state index in [1.807, 2.05) is 0 Å². The average molecular weight is 298 g/mol. The Bertz CT molecular complexity index is 303. The molecule has 1 unspecified atom stereocenters. The van der Waals surface area contributed by atoms with E-state index in [0.29, 0.717) is 21.7 Å². The van der Waals surface area contributed by atoms with Gasteiger partial charge in [-0.2, -0.15) is 0 Å². The van der Waals surface area contributed by atoms with Gasteiger partial charge < -0.3 is 4.90 Å². The van der Waals surface area contributed by atoms with Crippen LogP contribution >= 0.6 is 0 Å². The second-order valence-electron chi connectivity index (χ2n) is 11.0. The van der Waals surface area contributed by atoms with Gasteiger partial charge in [-0.05, 0) is 48.0 Å². The summed E-state index contributed by atoms with van der Waals surface area (Å²) in [5.74, 6) is 0. The van der Waals surface area contributed by atoms with Gasteiger partial charge in [0.2, 0.25) is 0 Å². The molecule has 1 nitrogen and oxygen atoms in total. The van der Waals surface area contributed by atoms with Gasteiger partial charge in [0.15, 0.2) is 0 Å². The zero-order valence-electron chi connectivity index (χ0n) is 17.0. The fourth-order valence-electron chi connectivity index (χ4n) is 4.50. The topological polar surface area (TPSA) is 3.24 Å². The van der Waals surface area contributed by atoms with E-state index in [0.717, 1.165) is 0 Å². The van der Waals surface area contributed by atoms with Crippen LogP contribution in [0.15, 0.2) is 0 Å². The van der Waals surface area contributed by atoms with Crippen LogP contribution in [0.3, 0.4) is 0 Å². The summed E-state index contributed by atoms with van der Waals surface area (Å²) in [7, 11) is 2.31. The van der Waals surface area contributed by atoms with Gasteiger partial charge in [0, 0.05) is 13.1 Å². The molecule has 0 aliphatic carbocycles. The van der Waals surface area contributed by atoms with E-state index in [1.54, 1.807) is 0 Å². The predicted octanol–water partition coefficient (Wildman–Crippen LogP) is 6.23. The monoisotopic (exact) mass is 297 g/mol. The van der Waals surface area contributed by atoms with Gasteiger partial charge in [-0.25, -0.2) is 0 Å². The molecular formula is C20H43N. The van der Waals surface area contributed by atoms with Crippen molar-refractivity contribution >= 4 is 0 Å². The lowest BCUT2D eigenvalue weighted by Crippen LogP contribution is -2.41. The first-order valence-corrected chi connectivity index (χ1v) is 8.76. The zero-order chi connectivity index (χ0) is 17.1. The van der Waals surface area contributed by atoms with E-state index in [1.165, 1.54) is 32.4 Å². The minimum atomic E-state index is 0.378. The van der Waals surface area contributed by atoms with Crippen LogP contribution in [0.1, 0.15) is 88.5 Å². The van der Waals surface area contributed by atoms with Crippen molar-refractivity contribution in [1.82, 2.24) is 4.90 Å². The normalized spacial score (nSPS) is 17.1. The lowest BCUT2D eigenvalue weighted by molar-refractivity contribution is 0.0850. The minimum Gasteiger partial charge on any atom is -0.305 e. The summed E-state index contributed by atoms with van der Waals surface area (Å²) >= 11 is 0. The Morgan fingerprint density at radius 3 is 1.43 bits per heavy atom. The number of nitrogens with zero attached hydrogens (tertiary/aromatic N) is 1. The second-order valence-corrected chi connectivity index (χ2v) is 11.0. The van der Waals surface area contributed by atoms with E-state index in [-0.39, 0.29) is 0 Å². The van der Waals surface area contributed by atoms with Crippen LogP contribution in [-0.2, 0) is 0 Å². The van der Waals surface area contributed by atoms with Crippen molar-refractivity contribution in [2.24, 2.45) is 21.7 Å². The molecule has 128 valence electrons. The Morgan fingerprint density at radius 1 is 0.667 bits per heavy atom. The van der Waals surface area contributed by atoms with E-state index < -0.39 is 0 Å². The molecule has 21 heavy (non-hydrogen) atoms. The Morgan fingerprint density at radius 2 is 1.10 bits per heavy atom. The maximum Gasteiger partial charge on any atom is 0.00326 e. The molecule has 0 bridgehead atoms. The number of rotatable bonds is 7. The molecule has 0 N–H and O–H groups in total. The third-order valence-corrected chi connectivity index (χ3v) is 4.17. The highest BCUT2D eigenvalue weighted by atomic mass is 15.1. The van der Waals surface area contributed by atoms with Crippen molar-refractivity contribution in [3.63, 3.8) is 0 Å². The summed E-state index contributed by atoms with van der Waals surface area (Å²) in [4.78, 5) is 2.57. The third kappa shape index (κ3) is 10.3. The fraction of sp³-hybridized carbons (Fsp3) is 1.00. The van der Waals surface area contributed by atoms with Crippen LogP contribution in [0.2, 0.25) is 0 Å². The first-order valence-electron chi connectivity index (χ1n) is 8.76. The molecule has 0 rings (SSSR count). The summed E-state index contributed by atoms with van der Waals surface area (Å²) in [6.07, 6.45) is 3.82. The summed E-state index contributed by atoms with van der Waals surface area (Å²) < 4.78 is 0. The highest BCUT2D eigenvalue weighted by molar-refractivity contribution is 4.84. The Balaban J connectivity index is 4.69. The molecule has 0 aromatic carbocycles. The van der Waals surface area contributed by atoms with Gasteiger partial charge in [-0.1, -0.05) is 69.2 Å². The lowest BCUT2D eigenvalue weighted by Gasteiger charge is -2.41. The van der Waals surface area contributed by atoms with Gasteiger partial charge in [0.05, 0.1) is 0 Å². The van der Waals surface area contributed by atoms with Gasteiger partial charge in [-0.15, -0.1) is 0 Å². The molecule has 0 spiro atoms. The van der Waals surface area contributed by atoms with Crippen LogP contribution in [-0.4, -0.2) is 25.0 Å². The second kappa shape index (κ2) is 7.02. The van der Waals surface area contributed by atoms with Crippen molar-refractivity contribution in [3.05, 3.63) is 0 Å².